The monoisotopic (exact) mass is 377 g/mol. The fourth-order valence-corrected chi connectivity index (χ4v) is 4.28. The molecule has 2 heterocycles. The van der Waals surface area contributed by atoms with Crippen LogP contribution in [0, 0.1) is 17.2 Å². The summed E-state index contributed by atoms with van der Waals surface area (Å²) >= 11 is 0. The smallest absolute Gasteiger partial charge is 0.122 e. The van der Waals surface area contributed by atoms with E-state index < -0.39 is 0 Å². The molecule has 2 saturated heterocycles. The third kappa shape index (κ3) is 4.23. The lowest BCUT2D eigenvalue weighted by molar-refractivity contribution is 0.217. The normalized spacial score (nSPS) is 21.8. The number of piperazine rings is 1. The first-order valence-corrected chi connectivity index (χ1v) is 10.1. The van der Waals surface area contributed by atoms with Crippen LogP contribution in [0.15, 0.2) is 48.5 Å². The zero-order valence-electron chi connectivity index (χ0n) is 16.4. The van der Waals surface area contributed by atoms with Crippen molar-refractivity contribution in [3.05, 3.63) is 54.1 Å². The number of benzene rings is 2. The average molecular weight is 377 g/mol. The molecular formula is C23H27N3O2. The molecule has 146 valence electrons. The van der Waals surface area contributed by atoms with Crippen molar-refractivity contribution in [3.8, 4) is 17.6 Å². The zero-order chi connectivity index (χ0) is 19.3. The van der Waals surface area contributed by atoms with Gasteiger partial charge in [-0.15, -0.1) is 0 Å². The SMILES string of the molecule is CCOc1cccc(OC[C@H]2C[C@H]3CN(c4ccc(C#N)cc4)CCN3C2)c1. The summed E-state index contributed by atoms with van der Waals surface area (Å²) in [4.78, 5) is 5.04. The van der Waals surface area contributed by atoms with Crippen LogP contribution in [0.1, 0.15) is 18.9 Å². The maximum Gasteiger partial charge on any atom is 0.122 e. The van der Waals surface area contributed by atoms with Gasteiger partial charge in [0, 0.05) is 49.9 Å². The molecule has 2 aliphatic rings. The van der Waals surface area contributed by atoms with E-state index in [9.17, 15) is 0 Å². The number of anilines is 1. The fourth-order valence-electron chi connectivity index (χ4n) is 4.28. The van der Waals surface area contributed by atoms with Gasteiger partial charge in [0.1, 0.15) is 11.5 Å². The summed E-state index contributed by atoms with van der Waals surface area (Å²) in [6.45, 7) is 7.67. The second kappa shape index (κ2) is 8.53. The molecule has 4 rings (SSSR count). The minimum atomic E-state index is 0.557. The van der Waals surface area contributed by atoms with E-state index in [4.69, 9.17) is 14.7 Å². The number of nitrogens with zero attached hydrogens (tertiary/aromatic N) is 3. The van der Waals surface area contributed by atoms with Crippen LogP contribution in [-0.4, -0.2) is 50.3 Å². The number of hydrogen-bond donors (Lipinski definition) is 0. The van der Waals surface area contributed by atoms with E-state index in [-0.39, 0.29) is 0 Å². The Kier molecular flexibility index (Phi) is 5.68. The predicted octanol–water partition coefficient (Wildman–Crippen LogP) is 3.55. The quantitative estimate of drug-likeness (QED) is 0.771. The minimum absolute atomic E-state index is 0.557. The standard InChI is InChI=1S/C23H27N3O2/c1-2-27-22-4-3-5-23(13-22)28-17-19-12-21-16-26(11-10-25(21)15-19)20-8-6-18(14-24)7-9-20/h3-9,13,19,21H,2,10-12,15-17H2,1H3/t19-,21-/m0/s1. The molecule has 2 aromatic rings. The van der Waals surface area contributed by atoms with Crippen LogP contribution in [0.4, 0.5) is 5.69 Å². The third-order valence-corrected chi connectivity index (χ3v) is 5.67. The van der Waals surface area contributed by atoms with Crippen LogP contribution < -0.4 is 14.4 Å². The van der Waals surface area contributed by atoms with Crippen LogP contribution >= 0.6 is 0 Å². The Labute approximate surface area is 167 Å². The summed E-state index contributed by atoms with van der Waals surface area (Å²) in [5.74, 6) is 2.30. The number of ether oxygens (including phenoxy) is 2. The lowest BCUT2D eigenvalue weighted by atomic mass is 10.1. The molecule has 0 bridgehead atoms. The van der Waals surface area contributed by atoms with E-state index in [1.165, 1.54) is 5.69 Å². The summed E-state index contributed by atoms with van der Waals surface area (Å²) in [5.41, 5.74) is 1.93. The Hall–Kier alpha value is -2.71. The van der Waals surface area contributed by atoms with Gasteiger partial charge in [0.2, 0.25) is 0 Å². The van der Waals surface area contributed by atoms with Crippen molar-refractivity contribution >= 4 is 5.69 Å². The maximum absolute atomic E-state index is 8.98. The van der Waals surface area contributed by atoms with Crippen molar-refractivity contribution in [1.29, 1.82) is 5.26 Å². The molecule has 0 aliphatic carbocycles. The number of nitriles is 1. The van der Waals surface area contributed by atoms with E-state index in [0.29, 0.717) is 24.1 Å². The van der Waals surface area contributed by atoms with E-state index in [2.05, 4.69) is 28.0 Å². The van der Waals surface area contributed by atoms with E-state index in [1.807, 2.05) is 43.3 Å². The average Bonchev–Trinajstić information content (AvgIpc) is 3.15. The Balaban J connectivity index is 1.31. The molecule has 2 fully saturated rings. The highest BCUT2D eigenvalue weighted by Crippen LogP contribution is 2.30. The van der Waals surface area contributed by atoms with Crippen molar-refractivity contribution in [3.63, 3.8) is 0 Å². The molecule has 2 aliphatic heterocycles. The molecule has 0 amide bonds. The topological polar surface area (TPSA) is 48.7 Å². The fraction of sp³-hybridized carbons (Fsp3) is 0.435. The molecule has 0 aromatic heterocycles. The Morgan fingerprint density at radius 2 is 1.82 bits per heavy atom. The first kappa shape index (κ1) is 18.6. The Morgan fingerprint density at radius 1 is 1.04 bits per heavy atom. The van der Waals surface area contributed by atoms with E-state index >= 15 is 0 Å². The van der Waals surface area contributed by atoms with Gasteiger partial charge in [0.05, 0.1) is 24.8 Å². The van der Waals surface area contributed by atoms with Gasteiger partial charge in [-0.25, -0.2) is 0 Å². The molecule has 0 N–H and O–H groups in total. The summed E-state index contributed by atoms with van der Waals surface area (Å²) in [7, 11) is 0. The molecule has 28 heavy (non-hydrogen) atoms. The molecule has 2 aromatic carbocycles. The Bertz CT molecular complexity index is 830. The lowest BCUT2D eigenvalue weighted by Crippen LogP contribution is -2.50. The van der Waals surface area contributed by atoms with Gasteiger partial charge in [-0.1, -0.05) is 6.07 Å². The number of fused-ring (bicyclic) bond motifs is 1. The van der Waals surface area contributed by atoms with Crippen LogP contribution in [0.2, 0.25) is 0 Å². The molecule has 0 radical (unpaired) electrons. The molecular weight excluding hydrogens is 350 g/mol. The van der Waals surface area contributed by atoms with Gasteiger partial charge in [-0.05, 0) is 49.7 Å². The zero-order valence-corrected chi connectivity index (χ0v) is 16.4. The number of hydrogen-bond acceptors (Lipinski definition) is 5. The molecule has 5 nitrogen and oxygen atoms in total. The summed E-state index contributed by atoms with van der Waals surface area (Å²) in [6.07, 6.45) is 1.16. The van der Waals surface area contributed by atoms with Gasteiger partial charge in [-0.2, -0.15) is 5.26 Å². The second-order valence-corrected chi connectivity index (χ2v) is 7.57. The molecule has 0 unspecified atom stereocenters. The molecule has 5 heteroatoms. The third-order valence-electron chi connectivity index (χ3n) is 5.67. The first-order chi connectivity index (χ1) is 13.7. The van der Waals surface area contributed by atoms with Gasteiger partial charge >= 0.3 is 0 Å². The molecule has 2 atom stereocenters. The van der Waals surface area contributed by atoms with Crippen molar-refractivity contribution in [2.45, 2.75) is 19.4 Å². The van der Waals surface area contributed by atoms with Gasteiger partial charge in [-0.3, -0.25) is 4.90 Å². The predicted molar refractivity (Wildman–Crippen MR) is 110 cm³/mol. The van der Waals surface area contributed by atoms with Gasteiger partial charge < -0.3 is 14.4 Å². The molecule has 0 spiro atoms. The number of rotatable bonds is 6. The largest absolute Gasteiger partial charge is 0.494 e. The van der Waals surface area contributed by atoms with Crippen LogP contribution in [0.25, 0.3) is 0 Å². The van der Waals surface area contributed by atoms with Crippen LogP contribution in [-0.2, 0) is 0 Å². The summed E-state index contributed by atoms with van der Waals surface area (Å²) < 4.78 is 11.6. The second-order valence-electron chi connectivity index (χ2n) is 7.57. The first-order valence-electron chi connectivity index (χ1n) is 10.1. The molecule has 0 saturated carbocycles. The van der Waals surface area contributed by atoms with Crippen molar-refractivity contribution < 1.29 is 9.47 Å². The highest BCUT2D eigenvalue weighted by Gasteiger charge is 2.36. The van der Waals surface area contributed by atoms with Crippen LogP contribution in [0.5, 0.6) is 11.5 Å². The lowest BCUT2D eigenvalue weighted by Gasteiger charge is -2.38. The highest BCUT2D eigenvalue weighted by atomic mass is 16.5. The Morgan fingerprint density at radius 3 is 2.57 bits per heavy atom. The van der Waals surface area contributed by atoms with Crippen molar-refractivity contribution in [2.24, 2.45) is 5.92 Å². The summed E-state index contributed by atoms with van der Waals surface area (Å²) in [5, 5.41) is 8.98. The maximum atomic E-state index is 8.98. The van der Waals surface area contributed by atoms with Gasteiger partial charge in [0.15, 0.2) is 0 Å². The van der Waals surface area contributed by atoms with Crippen molar-refractivity contribution in [2.75, 3.05) is 44.3 Å². The van der Waals surface area contributed by atoms with Gasteiger partial charge in [0.25, 0.3) is 0 Å². The van der Waals surface area contributed by atoms with Crippen LogP contribution in [0.3, 0.4) is 0 Å². The van der Waals surface area contributed by atoms with E-state index in [0.717, 1.165) is 50.7 Å². The van der Waals surface area contributed by atoms with Crippen molar-refractivity contribution in [1.82, 2.24) is 4.90 Å². The highest BCUT2D eigenvalue weighted by molar-refractivity contribution is 5.50. The van der Waals surface area contributed by atoms with E-state index in [1.54, 1.807) is 0 Å². The summed E-state index contributed by atoms with van der Waals surface area (Å²) in [6, 6.07) is 18.6. The minimum Gasteiger partial charge on any atom is -0.494 e.